The van der Waals surface area contributed by atoms with Gasteiger partial charge >= 0.3 is 0 Å². The van der Waals surface area contributed by atoms with Crippen molar-refractivity contribution < 1.29 is 33.4 Å². The molecule has 85 heavy (non-hydrogen) atoms. The summed E-state index contributed by atoms with van der Waals surface area (Å²) < 4.78 is 19.7. The number of amides is 4. The number of imidazole rings is 2. The summed E-state index contributed by atoms with van der Waals surface area (Å²) in [4.78, 5) is 77.9. The number of anilines is 4. The summed E-state index contributed by atoms with van der Waals surface area (Å²) in [6, 6.07) is 40.4. The van der Waals surface area contributed by atoms with E-state index in [0.717, 1.165) is 63.5 Å². The molecule has 2 fully saturated rings. The van der Waals surface area contributed by atoms with E-state index < -0.39 is 0 Å². The first kappa shape index (κ1) is 54.7. The zero-order chi connectivity index (χ0) is 58.4. The second-order valence-electron chi connectivity index (χ2n) is 20.5. The third-order valence-corrected chi connectivity index (χ3v) is 14.8. The van der Waals surface area contributed by atoms with Crippen molar-refractivity contribution in [2.45, 2.75) is 58.2 Å². The van der Waals surface area contributed by atoms with Gasteiger partial charge in [-0.2, -0.15) is 10.2 Å². The number of aromatic nitrogens is 10. The van der Waals surface area contributed by atoms with Crippen molar-refractivity contribution in [3.8, 4) is 28.7 Å². The summed E-state index contributed by atoms with van der Waals surface area (Å²) in [5, 5.41) is 26.4. The van der Waals surface area contributed by atoms with Crippen LogP contribution in [-0.4, -0.2) is 129 Å². The quantitative estimate of drug-likeness (QED) is 0.0446. The highest BCUT2D eigenvalue weighted by molar-refractivity contribution is 6.05. The number of para-hydroxylation sites is 4. The lowest BCUT2D eigenvalue weighted by Crippen LogP contribution is -2.31. The predicted octanol–water partition coefficient (Wildman–Crippen LogP) is 10.1. The molecule has 8 heterocycles. The van der Waals surface area contributed by atoms with Gasteiger partial charge in [0.25, 0.3) is 11.8 Å². The highest BCUT2D eigenvalue weighted by Gasteiger charge is 2.29. The van der Waals surface area contributed by atoms with Crippen LogP contribution in [0.1, 0.15) is 65.8 Å². The highest BCUT2D eigenvalue weighted by Crippen LogP contribution is 2.37. The van der Waals surface area contributed by atoms with E-state index in [0.29, 0.717) is 108 Å². The zero-order valence-electron chi connectivity index (χ0n) is 46.8. The van der Waals surface area contributed by atoms with Gasteiger partial charge in [-0.25, -0.2) is 24.6 Å². The monoisotopic (exact) mass is 1140 g/mol. The van der Waals surface area contributed by atoms with Gasteiger partial charge in [0.05, 0.1) is 35.7 Å². The Morgan fingerprint density at radius 2 is 1.09 bits per heavy atom. The number of rotatable bonds is 17. The minimum atomic E-state index is -0.291. The molecule has 0 spiro atoms. The van der Waals surface area contributed by atoms with Crippen molar-refractivity contribution in [3.05, 3.63) is 163 Å². The Morgan fingerprint density at radius 3 is 1.62 bits per heavy atom. The van der Waals surface area contributed by atoms with E-state index >= 15 is 0 Å². The summed E-state index contributed by atoms with van der Waals surface area (Å²) in [6.45, 7) is 6.91. The molecule has 13 rings (SSSR count). The SMILES string of the molecule is CCC(=O)N1CC[C@@H](Nc2n[nH]c3nccc(Oc4ccc(C(=O)Nc5nc6ccccc6[nH]5)cc4)c23)C1.CCC(=O)N1CC[C@@H](Nc2nn(Cc3ccc(OC)cc3)c3nccc(Oc4ccc(C(=O)Nc5nc6ccccc6[nH]5)cc4)c23)C1. The third-order valence-electron chi connectivity index (χ3n) is 14.8. The molecular formula is C62H60N16O7. The minimum Gasteiger partial charge on any atom is -0.497 e. The van der Waals surface area contributed by atoms with E-state index in [1.165, 1.54) is 0 Å². The second kappa shape index (κ2) is 24.3. The largest absolute Gasteiger partial charge is 0.497 e. The minimum absolute atomic E-state index is 0.0376. The molecule has 23 heteroatoms. The fraction of sp³-hybridized carbons (Fsp3) is 0.226. The number of ether oxygens (including phenoxy) is 3. The lowest BCUT2D eigenvalue weighted by Gasteiger charge is -2.16. The lowest BCUT2D eigenvalue weighted by atomic mass is 10.2. The van der Waals surface area contributed by atoms with Crippen molar-refractivity contribution in [3.63, 3.8) is 0 Å². The number of nitrogens with zero attached hydrogens (tertiary/aromatic N) is 9. The Balaban J connectivity index is 0.000000171. The standard InChI is InChI=1S/C35H34N8O4.C27H26N8O3/c1-3-30(44)42-19-17-24(21-42)37-32-31-29(16-18-36-33(31)43(41-32)20-22-8-12-25(46-2)13-9-22)47-26-14-10-23(11-15-26)34(45)40-35-38-27-6-4-5-7-28(27)39-35;1-2-22(36)35-14-12-17(15-35)29-25-23-21(11-13-28-24(23)33-34-25)38-18-9-7-16(8-10-18)26(37)32-27-30-19-5-3-4-6-20(19)31-27/h4-16,18,24H,3,17,19-21H2,1-2H3,(H,37,41)(H2,38,39,40,45);3-11,13,17H,2,12,14-15H2,1H3,(H2,28,29,33,34)(H2,30,31,32,37)/t24-;17-/m11/s1. The first-order valence-corrected chi connectivity index (χ1v) is 28.0. The van der Waals surface area contributed by atoms with Crippen LogP contribution in [0.3, 0.4) is 0 Å². The van der Waals surface area contributed by atoms with E-state index in [4.69, 9.17) is 19.3 Å². The van der Waals surface area contributed by atoms with Gasteiger partial charge in [-0.3, -0.25) is 34.9 Å². The number of H-pyrrole nitrogens is 3. The molecule has 0 bridgehead atoms. The number of benzene rings is 5. The van der Waals surface area contributed by atoms with Crippen LogP contribution < -0.4 is 35.5 Å². The molecule has 0 radical (unpaired) electrons. The first-order chi connectivity index (χ1) is 41.5. The Bertz CT molecular complexity index is 4150. The smallest absolute Gasteiger partial charge is 0.257 e. The van der Waals surface area contributed by atoms with Gasteiger partial charge in [-0.05, 0) is 103 Å². The summed E-state index contributed by atoms with van der Waals surface area (Å²) in [5.41, 5.74) is 6.45. The van der Waals surface area contributed by atoms with E-state index in [9.17, 15) is 19.2 Å². The summed E-state index contributed by atoms with van der Waals surface area (Å²) in [7, 11) is 1.64. The number of carbonyl (C=O) groups excluding carboxylic acids is 4. The molecular weight excluding hydrogens is 1080 g/mol. The summed E-state index contributed by atoms with van der Waals surface area (Å²) in [5.74, 6) is 4.78. The number of pyridine rings is 2. The van der Waals surface area contributed by atoms with Gasteiger partial charge in [0.2, 0.25) is 23.7 Å². The Morgan fingerprint density at radius 1 is 0.588 bits per heavy atom. The van der Waals surface area contributed by atoms with Crippen LogP contribution >= 0.6 is 0 Å². The third kappa shape index (κ3) is 12.2. The molecule has 0 aliphatic carbocycles. The molecule has 23 nitrogen and oxygen atoms in total. The van der Waals surface area contributed by atoms with Gasteiger partial charge in [0, 0.05) is 86.8 Å². The van der Waals surface area contributed by atoms with E-state index in [1.54, 1.807) is 80.2 Å². The molecule has 2 atom stereocenters. The van der Waals surface area contributed by atoms with Crippen molar-refractivity contribution in [2.24, 2.45) is 0 Å². The van der Waals surface area contributed by atoms with Crippen molar-refractivity contribution in [1.29, 1.82) is 0 Å². The maximum atomic E-state index is 12.9. The number of methoxy groups -OCH3 is 1. The molecule has 2 aliphatic rings. The Hall–Kier alpha value is -10.8. The fourth-order valence-electron chi connectivity index (χ4n) is 10.4. The van der Waals surface area contributed by atoms with Crippen LogP contribution in [-0.2, 0) is 16.1 Å². The van der Waals surface area contributed by atoms with Crippen LogP contribution in [0.15, 0.2) is 146 Å². The number of likely N-dealkylation sites (tertiary alicyclic amines) is 2. The van der Waals surface area contributed by atoms with Crippen molar-refractivity contribution >= 4 is 91.3 Å². The molecule has 0 saturated carbocycles. The molecule has 2 saturated heterocycles. The molecule has 430 valence electrons. The van der Waals surface area contributed by atoms with Crippen molar-refractivity contribution in [2.75, 3.05) is 54.6 Å². The molecule has 4 amide bonds. The second-order valence-corrected chi connectivity index (χ2v) is 20.5. The maximum absolute atomic E-state index is 12.9. The Labute approximate surface area is 486 Å². The fourth-order valence-corrected chi connectivity index (χ4v) is 10.4. The van der Waals surface area contributed by atoms with E-state index in [-0.39, 0.29) is 35.7 Å². The van der Waals surface area contributed by atoms with Crippen LogP contribution in [0.2, 0.25) is 0 Å². The van der Waals surface area contributed by atoms with Crippen molar-refractivity contribution in [1.82, 2.24) is 59.7 Å². The zero-order valence-corrected chi connectivity index (χ0v) is 46.8. The highest BCUT2D eigenvalue weighted by atomic mass is 16.5. The number of aromatic amines is 3. The topological polar surface area (TPSA) is 280 Å². The van der Waals surface area contributed by atoms with Gasteiger partial charge in [-0.15, -0.1) is 0 Å². The molecule has 11 aromatic rings. The predicted molar refractivity (Wildman–Crippen MR) is 322 cm³/mol. The number of carbonyl (C=O) groups is 4. The maximum Gasteiger partial charge on any atom is 0.257 e. The van der Waals surface area contributed by atoms with Gasteiger partial charge in [0.15, 0.2) is 22.9 Å². The Kier molecular flexibility index (Phi) is 15.7. The molecule has 0 unspecified atom stereocenters. The van der Waals surface area contributed by atoms with Crippen LogP contribution in [0.4, 0.5) is 23.5 Å². The molecule has 2 aliphatic heterocycles. The van der Waals surface area contributed by atoms with E-state index in [1.807, 2.05) is 101 Å². The number of fused-ring (bicyclic) bond motifs is 4. The van der Waals surface area contributed by atoms with Gasteiger partial charge < -0.3 is 44.6 Å². The first-order valence-electron chi connectivity index (χ1n) is 28.0. The van der Waals surface area contributed by atoms with Crippen LogP contribution in [0.5, 0.6) is 28.7 Å². The molecule has 7 N–H and O–H groups in total. The normalized spacial score (nSPS) is 14.8. The van der Waals surface area contributed by atoms with E-state index in [2.05, 4.69) is 61.4 Å². The van der Waals surface area contributed by atoms with Crippen LogP contribution in [0, 0.1) is 0 Å². The summed E-state index contributed by atoms with van der Waals surface area (Å²) in [6.07, 6.45) is 5.97. The number of hydrogen-bond acceptors (Lipinski definition) is 15. The lowest BCUT2D eigenvalue weighted by molar-refractivity contribution is -0.130. The molecule has 5 aromatic carbocycles. The number of hydrogen-bond donors (Lipinski definition) is 7. The van der Waals surface area contributed by atoms with Gasteiger partial charge in [-0.1, -0.05) is 50.2 Å². The summed E-state index contributed by atoms with van der Waals surface area (Å²) >= 11 is 0. The molecule has 6 aromatic heterocycles. The van der Waals surface area contributed by atoms with Crippen LogP contribution in [0.25, 0.3) is 44.1 Å². The van der Waals surface area contributed by atoms with Gasteiger partial charge in [0.1, 0.15) is 39.5 Å². The average Bonchev–Trinajstić information content (AvgIpc) is 3.40. The average molecular weight is 1140 g/mol. The number of nitrogens with one attached hydrogen (secondary N) is 7.